The molecule has 0 aliphatic heterocycles. The highest BCUT2D eigenvalue weighted by molar-refractivity contribution is 5.66. The van der Waals surface area contributed by atoms with Crippen molar-refractivity contribution in [3.05, 3.63) is 47.9 Å². The molecule has 0 spiro atoms. The zero-order valence-electron chi connectivity index (χ0n) is 10.3. The predicted molar refractivity (Wildman–Crippen MR) is 66.0 cm³/mol. The molecular formula is C14H15F2NO. The van der Waals surface area contributed by atoms with Gasteiger partial charge in [-0.2, -0.15) is 0 Å². The van der Waals surface area contributed by atoms with Gasteiger partial charge in [0.05, 0.1) is 12.8 Å². The minimum absolute atomic E-state index is 0.226. The van der Waals surface area contributed by atoms with Crippen LogP contribution in [0.5, 0.6) is 0 Å². The Bertz CT molecular complexity index is 534. The molecule has 96 valence electrons. The Hall–Kier alpha value is -1.68. The van der Waals surface area contributed by atoms with Gasteiger partial charge in [-0.15, -0.1) is 0 Å². The van der Waals surface area contributed by atoms with Crippen LogP contribution in [0.2, 0.25) is 0 Å². The summed E-state index contributed by atoms with van der Waals surface area (Å²) in [7, 11) is 0. The first kappa shape index (κ1) is 12.8. The summed E-state index contributed by atoms with van der Waals surface area (Å²) < 4.78 is 32.2. The van der Waals surface area contributed by atoms with Crippen molar-refractivity contribution in [2.45, 2.75) is 26.4 Å². The fourth-order valence-corrected chi connectivity index (χ4v) is 1.73. The predicted octanol–water partition coefficient (Wildman–Crippen LogP) is 3.72. The van der Waals surface area contributed by atoms with E-state index in [1.165, 1.54) is 12.3 Å². The molecule has 4 heteroatoms. The first-order valence-electron chi connectivity index (χ1n) is 5.83. The number of benzene rings is 1. The van der Waals surface area contributed by atoms with Crippen molar-refractivity contribution in [1.29, 1.82) is 0 Å². The van der Waals surface area contributed by atoms with Gasteiger partial charge in [-0.05, 0) is 12.1 Å². The van der Waals surface area contributed by atoms with Crippen molar-refractivity contribution in [1.82, 2.24) is 5.32 Å². The Morgan fingerprint density at radius 3 is 2.67 bits per heavy atom. The van der Waals surface area contributed by atoms with Crippen molar-refractivity contribution >= 4 is 0 Å². The van der Waals surface area contributed by atoms with E-state index in [9.17, 15) is 8.78 Å². The monoisotopic (exact) mass is 251 g/mol. The van der Waals surface area contributed by atoms with Gasteiger partial charge in [-0.25, -0.2) is 8.78 Å². The lowest BCUT2D eigenvalue weighted by molar-refractivity contribution is 0.465. The Kier molecular flexibility index (Phi) is 3.77. The topological polar surface area (TPSA) is 25.2 Å². The summed E-state index contributed by atoms with van der Waals surface area (Å²) in [5, 5.41) is 3.18. The average Bonchev–Trinajstić information content (AvgIpc) is 2.78. The summed E-state index contributed by atoms with van der Waals surface area (Å²) in [6.07, 6.45) is 1.48. The molecule has 0 radical (unpaired) electrons. The number of hydrogen-bond donors (Lipinski definition) is 1. The molecule has 0 aliphatic rings. The van der Waals surface area contributed by atoms with Crippen molar-refractivity contribution in [2.75, 3.05) is 0 Å². The smallest absolute Gasteiger partial charge is 0.166 e. The lowest BCUT2D eigenvalue weighted by Crippen LogP contribution is -2.21. The third-order valence-corrected chi connectivity index (χ3v) is 2.66. The summed E-state index contributed by atoms with van der Waals surface area (Å²) in [6.45, 7) is 4.49. The molecule has 2 aromatic rings. The van der Waals surface area contributed by atoms with Gasteiger partial charge in [0.1, 0.15) is 5.76 Å². The minimum atomic E-state index is -0.850. The molecule has 2 nitrogen and oxygen atoms in total. The van der Waals surface area contributed by atoms with Crippen LogP contribution in [0.3, 0.4) is 0 Å². The van der Waals surface area contributed by atoms with Gasteiger partial charge in [-0.3, -0.25) is 0 Å². The summed E-state index contributed by atoms with van der Waals surface area (Å²) in [6, 6.07) is 6.07. The number of furan rings is 1. The molecule has 1 aromatic heterocycles. The van der Waals surface area contributed by atoms with Gasteiger partial charge in [0.2, 0.25) is 0 Å². The van der Waals surface area contributed by atoms with Gasteiger partial charge in [0, 0.05) is 17.2 Å². The number of halogens is 2. The van der Waals surface area contributed by atoms with Crippen molar-refractivity contribution in [2.24, 2.45) is 0 Å². The van der Waals surface area contributed by atoms with E-state index in [1.807, 2.05) is 13.8 Å². The highest BCUT2D eigenvalue weighted by Crippen LogP contribution is 2.28. The second-order valence-corrected chi connectivity index (χ2v) is 4.39. The molecule has 1 aromatic carbocycles. The molecule has 0 aliphatic carbocycles. The second kappa shape index (κ2) is 5.31. The van der Waals surface area contributed by atoms with Crippen molar-refractivity contribution in [3.8, 4) is 11.1 Å². The Morgan fingerprint density at radius 1 is 1.17 bits per heavy atom. The Morgan fingerprint density at radius 2 is 1.94 bits per heavy atom. The third kappa shape index (κ3) is 2.59. The van der Waals surface area contributed by atoms with E-state index >= 15 is 0 Å². The van der Waals surface area contributed by atoms with Gasteiger partial charge >= 0.3 is 0 Å². The third-order valence-electron chi connectivity index (χ3n) is 2.66. The van der Waals surface area contributed by atoms with Crippen LogP contribution in [-0.4, -0.2) is 6.04 Å². The zero-order chi connectivity index (χ0) is 13.1. The van der Waals surface area contributed by atoms with Crippen molar-refractivity contribution in [3.63, 3.8) is 0 Å². The summed E-state index contributed by atoms with van der Waals surface area (Å²) in [5.41, 5.74) is 0.810. The van der Waals surface area contributed by atoms with Crippen LogP contribution in [0.15, 0.2) is 34.9 Å². The number of nitrogens with one attached hydrogen (secondary N) is 1. The van der Waals surface area contributed by atoms with Gasteiger partial charge in [0.25, 0.3) is 0 Å². The molecule has 0 bridgehead atoms. The fraction of sp³-hybridized carbons (Fsp3) is 0.286. The Balaban J connectivity index is 2.33. The zero-order valence-corrected chi connectivity index (χ0v) is 10.3. The summed E-state index contributed by atoms with van der Waals surface area (Å²) >= 11 is 0. The van der Waals surface area contributed by atoms with E-state index in [0.717, 1.165) is 6.07 Å². The molecule has 2 rings (SSSR count). The summed E-state index contributed by atoms with van der Waals surface area (Å²) in [5.74, 6) is -1.09. The van der Waals surface area contributed by atoms with Crippen LogP contribution in [0.25, 0.3) is 11.1 Å². The minimum Gasteiger partial charge on any atom is -0.467 e. The van der Waals surface area contributed by atoms with E-state index in [4.69, 9.17) is 4.42 Å². The molecule has 0 saturated carbocycles. The maximum Gasteiger partial charge on any atom is 0.166 e. The van der Waals surface area contributed by atoms with Crippen LogP contribution in [0.4, 0.5) is 8.78 Å². The summed E-state index contributed by atoms with van der Waals surface area (Å²) in [4.78, 5) is 0. The molecule has 0 fully saturated rings. The first-order valence-corrected chi connectivity index (χ1v) is 5.83. The van der Waals surface area contributed by atoms with E-state index in [0.29, 0.717) is 23.9 Å². The Labute approximate surface area is 105 Å². The molecular weight excluding hydrogens is 236 g/mol. The SMILES string of the molecule is CC(C)NCc1occc1-c1cccc(F)c1F. The molecule has 1 heterocycles. The second-order valence-electron chi connectivity index (χ2n) is 4.39. The van der Waals surface area contributed by atoms with Gasteiger partial charge in [0.15, 0.2) is 11.6 Å². The lowest BCUT2D eigenvalue weighted by Gasteiger charge is -2.08. The van der Waals surface area contributed by atoms with Crippen molar-refractivity contribution < 1.29 is 13.2 Å². The van der Waals surface area contributed by atoms with E-state index < -0.39 is 11.6 Å². The van der Waals surface area contributed by atoms with Crippen LogP contribution in [-0.2, 0) is 6.54 Å². The standard InChI is InChI=1S/C14H15F2NO/c1-9(2)17-8-13-10(6-7-18-13)11-4-3-5-12(15)14(11)16/h3-7,9,17H,8H2,1-2H3. The number of rotatable bonds is 4. The van der Waals surface area contributed by atoms with Gasteiger partial charge in [-0.1, -0.05) is 26.0 Å². The van der Waals surface area contributed by atoms with E-state index in [1.54, 1.807) is 12.1 Å². The average molecular weight is 251 g/mol. The normalized spacial score (nSPS) is 11.2. The maximum atomic E-state index is 13.7. The van der Waals surface area contributed by atoms with Crippen LogP contribution < -0.4 is 5.32 Å². The molecule has 18 heavy (non-hydrogen) atoms. The largest absolute Gasteiger partial charge is 0.467 e. The first-order chi connectivity index (χ1) is 8.59. The van der Waals surface area contributed by atoms with Crippen LogP contribution >= 0.6 is 0 Å². The molecule has 0 unspecified atom stereocenters. The fourth-order valence-electron chi connectivity index (χ4n) is 1.73. The number of hydrogen-bond acceptors (Lipinski definition) is 2. The van der Waals surface area contributed by atoms with Gasteiger partial charge < -0.3 is 9.73 Å². The van der Waals surface area contributed by atoms with E-state index in [2.05, 4.69) is 5.32 Å². The van der Waals surface area contributed by atoms with Crippen LogP contribution in [0, 0.1) is 11.6 Å². The lowest BCUT2D eigenvalue weighted by atomic mass is 10.1. The highest BCUT2D eigenvalue weighted by atomic mass is 19.2. The molecule has 0 atom stereocenters. The highest BCUT2D eigenvalue weighted by Gasteiger charge is 2.15. The molecule has 0 saturated heterocycles. The van der Waals surface area contributed by atoms with E-state index in [-0.39, 0.29) is 5.56 Å². The maximum absolute atomic E-state index is 13.7. The molecule has 0 amide bonds. The quantitative estimate of drug-likeness (QED) is 0.895. The molecule has 1 N–H and O–H groups in total. The van der Waals surface area contributed by atoms with Crippen LogP contribution in [0.1, 0.15) is 19.6 Å².